The molecule has 1 aromatic carbocycles. The molecule has 9 heteroatoms. The lowest BCUT2D eigenvalue weighted by atomic mass is 10.1. The number of carbonyl (C=O) groups is 1. The summed E-state index contributed by atoms with van der Waals surface area (Å²) in [6.45, 7) is 3.81. The van der Waals surface area contributed by atoms with Crippen LogP contribution < -0.4 is 5.32 Å². The third-order valence-electron chi connectivity index (χ3n) is 4.47. The van der Waals surface area contributed by atoms with Crippen LogP contribution in [0.4, 0.5) is 0 Å². The van der Waals surface area contributed by atoms with Gasteiger partial charge in [0.1, 0.15) is 5.25 Å². The number of nitrogens with one attached hydrogen (secondary N) is 1. The Bertz CT molecular complexity index is 824. The second-order valence-electron chi connectivity index (χ2n) is 6.47. The summed E-state index contributed by atoms with van der Waals surface area (Å²) in [6.07, 6.45) is 1.93. The molecule has 1 aliphatic rings. The summed E-state index contributed by atoms with van der Waals surface area (Å²) in [6, 6.07) is 6.47. The lowest BCUT2D eigenvalue weighted by molar-refractivity contribution is -0.121. The van der Waals surface area contributed by atoms with Gasteiger partial charge in [-0.05, 0) is 38.8 Å². The highest BCUT2D eigenvalue weighted by Gasteiger charge is 2.31. The summed E-state index contributed by atoms with van der Waals surface area (Å²) >= 11 is 0. The van der Waals surface area contributed by atoms with E-state index in [0.717, 1.165) is 11.8 Å². The predicted octanol–water partition coefficient (Wildman–Crippen LogP) is 0.697. The van der Waals surface area contributed by atoms with Gasteiger partial charge >= 0.3 is 0 Å². The number of aryl methyl sites for hydroxylation is 1. The van der Waals surface area contributed by atoms with Crippen LogP contribution in [0, 0.1) is 6.92 Å². The molecule has 140 valence electrons. The van der Waals surface area contributed by atoms with Crippen molar-refractivity contribution in [2.24, 2.45) is 0 Å². The fraction of sp³-hybridized carbons (Fsp3) is 0.562. The zero-order valence-electron chi connectivity index (χ0n) is 14.6. The van der Waals surface area contributed by atoms with E-state index in [-0.39, 0.29) is 24.0 Å². The Hall–Kier alpha value is -1.45. The molecule has 0 unspecified atom stereocenters. The fourth-order valence-corrected chi connectivity index (χ4v) is 4.54. The van der Waals surface area contributed by atoms with E-state index in [1.165, 1.54) is 11.2 Å². The standard InChI is InChI=1S/C16H24N2O5S2/c1-12-4-6-15(7-5-12)25(22,23)18-10-8-14(9-11-18)17-16(19)13(2)24(3,20)21/h4-7,13-14H,8-11H2,1-3H3,(H,17,19)/t13-/m1/s1. The van der Waals surface area contributed by atoms with Crippen LogP contribution in [0.2, 0.25) is 0 Å². The maximum absolute atomic E-state index is 12.6. The summed E-state index contributed by atoms with van der Waals surface area (Å²) < 4.78 is 49.5. The monoisotopic (exact) mass is 388 g/mol. The normalized spacial score (nSPS) is 18.7. The third-order valence-corrected chi connectivity index (χ3v) is 7.88. The number of hydrogen-bond donors (Lipinski definition) is 1. The molecule has 0 radical (unpaired) electrons. The second kappa shape index (κ2) is 7.43. The molecule has 1 aliphatic heterocycles. The average molecular weight is 389 g/mol. The number of amides is 1. The van der Waals surface area contributed by atoms with E-state index in [1.807, 2.05) is 6.92 Å². The number of sulfonamides is 1. The van der Waals surface area contributed by atoms with Gasteiger partial charge in [0, 0.05) is 25.4 Å². The van der Waals surface area contributed by atoms with E-state index in [0.29, 0.717) is 12.8 Å². The van der Waals surface area contributed by atoms with Gasteiger partial charge in [-0.15, -0.1) is 0 Å². The van der Waals surface area contributed by atoms with Crippen molar-refractivity contribution in [1.29, 1.82) is 0 Å². The molecular weight excluding hydrogens is 364 g/mol. The molecule has 1 heterocycles. The van der Waals surface area contributed by atoms with E-state index >= 15 is 0 Å². The molecule has 0 aromatic heterocycles. The molecule has 1 atom stereocenters. The van der Waals surface area contributed by atoms with Crippen molar-refractivity contribution in [3.05, 3.63) is 29.8 Å². The average Bonchev–Trinajstić information content (AvgIpc) is 2.54. The number of carbonyl (C=O) groups excluding carboxylic acids is 1. The second-order valence-corrected chi connectivity index (χ2v) is 10.8. The highest BCUT2D eigenvalue weighted by Crippen LogP contribution is 2.21. The van der Waals surface area contributed by atoms with Crippen LogP contribution in [-0.4, -0.2) is 57.7 Å². The number of benzene rings is 1. The van der Waals surface area contributed by atoms with Gasteiger partial charge in [-0.1, -0.05) is 17.7 Å². The zero-order valence-corrected chi connectivity index (χ0v) is 16.2. The Balaban J connectivity index is 1.97. The van der Waals surface area contributed by atoms with Crippen LogP contribution in [-0.2, 0) is 24.7 Å². The lowest BCUT2D eigenvalue weighted by Gasteiger charge is -2.32. The first-order valence-corrected chi connectivity index (χ1v) is 11.5. The molecule has 0 saturated carbocycles. The number of piperidine rings is 1. The quantitative estimate of drug-likeness (QED) is 0.800. The van der Waals surface area contributed by atoms with Gasteiger partial charge in [0.15, 0.2) is 9.84 Å². The summed E-state index contributed by atoms with van der Waals surface area (Å²) in [7, 11) is -6.99. The molecule has 0 bridgehead atoms. The van der Waals surface area contributed by atoms with Crippen molar-refractivity contribution < 1.29 is 21.6 Å². The van der Waals surface area contributed by atoms with Gasteiger partial charge in [-0.2, -0.15) is 4.31 Å². The molecule has 1 amide bonds. The van der Waals surface area contributed by atoms with Crippen LogP contribution in [0.25, 0.3) is 0 Å². The van der Waals surface area contributed by atoms with Crippen molar-refractivity contribution in [3.63, 3.8) is 0 Å². The predicted molar refractivity (Wildman–Crippen MR) is 95.4 cm³/mol. The van der Waals surface area contributed by atoms with Crippen LogP contribution in [0.3, 0.4) is 0 Å². The Kier molecular flexibility index (Phi) is 5.90. The first-order valence-electron chi connectivity index (χ1n) is 8.08. The summed E-state index contributed by atoms with van der Waals surface area (Å²) in [5.74, 6) is -0.539. The van der Waals surface area contributed by atoms with Crippen molar-refractivity contribution in [2.75, 3.05) is 19.3 Å². The Morgan fingerprint density at radius 2 is 1.64 bits per heavy atom. The van der Waals surface area contributed by atoms with Crippen molar-refractivity contribution >= 4 is 25.8 Å². The maximum Gasteiger partial charge on any atom is 0.243 e. The van der Waals surface area contributed by atoms with E-state index in [1.54, 1.807) is 24.3 Å². The van der Waals surface area contributed by atoms with Gasteiger partial charge in [-0.3, -0.25) is 4.79 Å². The van der Waals surface area contributed by atoms with Crippen LogP contribution >= 0.6 is 0 Å². The molecule has 1 N–H and O–H groups in total. The highest BCUT2D eigenvalue weighted by atomic mass is 32.2. The fourth-order valence-electron chi connectivity index (χ4n) is 2.61. The van der Waals surface area contributed by atoms with Crippen molar-refractivity contribution in [1.82, 2.24) is 9.62 Å². The van der Waals surface area contributed by atoms with Gasteiger partial charge in [0.25, 0.3) is 0 Å². The molecule has 1 saturated heterocycles. The molecule has 1 fully saturated rings. The largest absolute Gasteiger partial charge is 0.352 e. The number of sulfone groups is 1. The number of nitrogens with zero attached hydrogens (tertiary/aromatic N) is 1. The van der Waals surface area contributed by atoms with E-state index in [4.69, 9.17) is 0 Å². The smallest absolute Gasteiger partial charge is 0.243 e. The summed E-state index contributed by atoms with van der Waals surface area (Å²) in [5, 5.41) is 1.60. The van der Waals surface area contributed by atoms with Crippen LogP contribution in [0.1, 0.15) is 25.3 Å². The summed E-state index contributed by atoms with van der Waals surface area (Å²) in [5.41, 5.74) is 0.986. The summed E-state index contributed by atoms with van der Waals surface area (Å²) in [4.78, 5) is 12.2. The highest BCUT2D eigenvalue weighted by molar-refractivity contribution is 7.92. The maximum atomic E-state index is 12.6. The molecule has 1 aromatic rings. The zero-order chi connectivity index (χ0) is 18.8. The molecule has 25 heavy (non-hydrogen) atoms. The lowest BCUT2D eigenvalue weighted by Crippen LogP contribution is -2.49. The van der Waals surface area contributed by atoms with Gasteiger partial charge in [-0.25, -0.2) is 16.8 Å². The first-order chi connectivity index (χ1) is 11.5. The van der Waals surface area contributed by atoms with Gasteiger partial charge in [0.05, 0.1) is 4.90 Å². The molecular formula is C16H24N2O5S2. The minimum Gasteiger partial charge on any atom is -0.352 e. The van der Waals surface area contributed by atoms with Gasteiger partial charge in [0.2, 0.25) is 15.9 Å². The van der Waals surface area contributed by atoms with E-state index in [2.05, 4.69) is 5.32 Å². The molecule has 7 nitrogen and oxygen atoms in total. The molecule has 2 rings (SSSR count). The number of rotatable bonds is 5. The van der Waals surface area contributed by atoms with Crippen LogP contribution in [0.15, 0.2) is 29.2 Å². The topological polar surface area (TPSA) is 101 Å². The van der Waals surface area contributed by atoms with Crippen molar-refractivity contribution in [3.8, 4) is 0 Å². The van der Waals surface area contributed by atoms with E-state index in [9.17, 15) is 21.6 Å². The van der Waals surface area contributed by atoms with Crippen molar-refractivity contribution in [2.45, 2.75) is 42.9 Å². The molecule has 0 spiro atoms. The minimum atomic E-state index is -3.55. The SMILES string of the molecule is Cc1ccc(S(=O)(=O)N2CCC(NC(=O)[C@@H](C)S(C)(=O)=O)CC2)cc1. The Morgan fingerprint density at radius 3 is 2.12 bits per heavy atom. The van der Waals surface area contributed by atoms with Gasteiger partial charge < -0.3 is 5.32 Å². The van der Waals surface area contributed by atoms with Crippen LogP contribution in [0.5, 0.6) is 0 Å². The first kappa shape index (κ1) is 19.9. The molecule has 0 aliphatic carbocycles. The minimum absolute atomic E-state index is 0.221. The Labute approximate surface area is 149 Å². The Morgan fingerprint density at radius 1 is 1.12 bits per heavy atom. The number of hydrogen-bond acceptors (Lipinski definition) is 5. The third kappa shape index (κ3) is 4.80. The van der Waals surface area contributed by atoms with E-state index < -0.39 is 31.0 Å².